The van der Waals surface area contributed by atoms with E-state index in [4.69, 9.17) is 5.11 Å². The van der Waals surface area contributed by atoms with Crippen LogP contribution in [-0.4, -0.2) is 9.79 Å². The third kappa shape index (κ3) is 4.05. The Bertz CT molecular complexity index is 439. The predicted molar refractivity (Wildman–Crippen MR) is 61.4 cm³/mol. The van der Waals surface area contributed by atoms with E-state index in [1.807, 2.05) is 13.8 Å². The SMILES string of the molecule is CC.Cn1cc(-c2cccc(CO)c2F)[n-]1.[K+]. The fourth-order valence-electron chi connectivity index (χ4n) is 1.37. The molecule has 0 bridgehead atoms. The number of aryl methyl sites for hydroxylation is 1. The summed E-state index contributed by atoms with van der Waals surface area (Å²) in [6.07, 6.45) is 1.74. The van der Waals surface area contributed by atoms with Crippen molar-refractivity contribution in [2.24, 2.45) is 7.05 Å². The van der Waals surface area contributed by atoms with Crippen molar-refractivity contribution < 1.29 is 60.9 Å². The number of hydrogen-bond acceptors (Lipinski definition) is 1. The summed E-state index contributed by atoms with van der Waals surface area (Å²) in [6.45, 7) is 3.71. The minimum absolute atomic E-state index is 0. The number of aliphatic hydroxyl groups excluding tert-OH is 1. The van der Waals surface area contributed by atoms with E-state index < -0.39 is 5.82 Å². The molecular formula is C12H16FKN2O. The van der Waals surface area contributed by atoms with Gasteiger partial charge in [-0.2, -0.15) is 0 Å². The van der Waals surface area contributed by atoms with Crippen LogP contribution in [0.15, 0.2) is 24.4 Å². The van der Waals surface area contributed by atoms with Gasteiger partial charge in [0.05, 0.1) is 6.61 Å². The molecular weight excluding hydrogens is 246 g/mol. The van der Waals surface area contributed by atoms with Gasteiger partial charge < -0.3 is 14.9 Å². The van der Waals surface area contributed by atoms with Crippen LogP contribution in [0.25, 0.3) is 11.3 Å². The number of rotatable bonds is 2. The van der Waals surface area contributed by atoms with E-state index in [0.29, 0.717) is 16.8 Å². The van der Waals surface area contributed by atoms with Gasteiger partial charge in [0.2, 0.25) is 0 Å². The second kappa shape index (κ2) is 8.23. The molecule has 1 N–H and O–H groups in total. The molecule has 0 spiro atoms. The van der Waals surface area contributed by atoms with Crippen molar-refractivity contribution in [1.29, 1.82) is 0 Å². The normalized spacial score (nSPS) is 9.24. The maximum absolute atomic E-state index is 13.6. The summed E-state index contributed by atoms with van der Waals surface area (Å²) in [5.74, 6) is -0.391. The molecule has 0 atom stereocenters. The van der Waals surface area contributed by atoms with E-state index >= 15 is 0 Å². The summed E-state index contributed by atoms with van der Waals surface area (Å²) in [4.78, 5) is 0. The molecule has 1 aromatic carbocycles. The number of aliphatic hydroxyl groups is 1. The van der Waals surface area contributed by atoms with Crippen molar-refractivity contribution in [1.82, 2.24) is 9.78 Å². The predicted octanol–water partition coefficient (Wildman–Crippen LogP) is -0.689. The summed E-state index contributed by atoms with van der Waals surface area (Å²) in [5.41, 5.74) is 1.35. The Morgan fingerprint density at radius 2 is 1.94 bits per heavy atom. The molecule has 2 rings (SSSR count). The Hall–Kier alpha value is 0.0864. The average molecular weight is 262 g/mol. The van der Waals surface area contributed by atoms with Gasteiger partial charge in [0.15, 0.2) is 0 Å². The third-order valence-electron chi connectivity index (χ3n) is 2.10. The van der Waals surface area contributed by atoms with E-state index in [2.05, 4.69) is 5.10 Å². The Morgan fingerprint density at radius 3 is 2.41 bits per heavy atom. The summed E-state index contributed by atoms with van der Waals surface area (Å²) in [5, 5.41) is 12.9. The standard InChI is InChI=1S/C10H10FN2O.C2H6.K/c1-13-5-9(12-13)8-4-2-3-7(6-14)10(8)11;1-2;/h2-5,14H,6H2,1H3;1-2H3;/q-1;;+1. The van der Waals surface area contributed by atoms with Crippen molar-refractivity contribution in [2.45, 2.75) is 20.5 Å². The van der Waals surface area contributed by atoms with Crippen LogP contribution in [0.1, 0.15) is 19.4 Å². The van der Waals surface area contributed by atoms with Crippen LogP contribution in [0.2, 0.25) is 0 Å². The van der Waals surface area contributed by atoms with E-state index in [1.165, 1.54) is 0 Å². The van der Waals surface area contributed by atoms with Gasteiger partial charge in [0.25, 0.3) is 0 Å². The first-order valence-electron chi connectivity index (χ1n) is 5.27. The molecule has 2 aromatic rings. The number of nitrogens with zero attached hydrogens (tertiary/aromatic N) is 2. The van der Waals surface area contributed by atoms with Gasteiger partial charge in [0, 0.05) is 5.56 Å². The molecule has 0 fully saturated rings. The zero-order valence-electron chi connectivity index (χ0n) is 10.7. The fraction of sp³-hybridized carbons (Fsp3) is 0.333. The number of benzene rings is 1. The molecule has 1 aromatic heterocycles. The summed E-state index contributed by atoms with van der Waals surface area (Å²) in [6, 6.07) is 4.91. The first kappa shape index (κ1) is 17.1. The Kier molecular flexibility index (Phi) is 8.28. The van der Waals surface area contributed by atoms with Gasteiger partial charge >= 0.3 is 51.4 Å². The van der Waals surface area contributed by atoms with Crippen molar-refractivity contribution in [3.8, 4) is 11.3 Å². The van der Waals surface area contributed by atoms with Gasteiger partial charge in [-0.25, -0.2) is 4.39 Å². The zero-order valence-corrected chi connectivity index (χ0v) is 13.9. The first-order valence-corrected chi connectivity index (χ1v) is 5.27. The van der Waals surface area contributed by atoms with E-state index in [9.17, 15) is 4.39 Å². The van der Waals surface area contributed by atoms with Gasteiger partial charge in [-0.1, -0.05) is 37.7 Å². The maximum Gasteiger partial charge on any atom is 1.00 e. The van der Waals surface area contributed by atoms with Crippen LogP contribution >= 0.6 is 0 Å². The van der Waals surface area contributed by atoms with Crippen molar-refractivity contribution in [3.63, 3.8) is 0 Å². The van der Waals surface area contributed by atoms with Gasteiger partial charge in [-0.05, 0) is 18.8 Å². The number of hydrogen-bond donors (Lipinski definition) is 1. The van der Waals surface area contributed by atoms with Crippen LogP contribution < -0.4 is 56.5 Å². The van der Waals surface area contributed by atoms with Gasteiger partial charge in [-0.15, -0.1) is 0 Å². The van der Waals surface area contributed by atoms with Crippen molar-refractivity contribution >= 4 is 0 Å². The minimum atomic E-state index is -0.391. The average Bonchev–Trinajstić information content (AvgIpc) is 2.28. The molecule has 0 unspecified atom stereocenters. The van der Waals surface area contributed by atoms with E-state index in [1.54, 1.807) is 36.1 Å². The largest absolute Gasteiger partial charge is 1.00 e. The number of aromatic nitrogens is 2. The third-order valence-corrected chi connectivity index (χ3v) is 2.10. The molecule has 17 heavy (non-hydrogen) atoms. The van der Waals surface area contributed by atoms with E-state index in [-0.39, 0.29) is 58.0 Å². The smallest absolute Gasteiger partial charge is 0.594 e. The van der Waals surface area contributed by atoms with Crippen molar-refractivity contribution in [3.05, 3.63) is 35.8 Å². The van der Waals surface area contributed by atoms with Gasteiger partial charge in [0.1, 0.15) is 5.82 Å². The minimum Gasteiger partial charge on any atom is -0.594 e. The van der Waals surface area contributed by atoms with Crippen LogP contribution in [0.4, 0.5) is 4.39 Å². The van der Waals surface area contributed by atoms with E-state index in [0.717, 1.165) is 0 Å². The second-order valence-corrected chi connectivity index (χ2v) is 3.12. The first-order chi connectivity index (χ1) is 7.72. The topological polar surface area (TPSA) is 39.3 Å². The molecule has 0 aliphatic carbocycles. The quantitative estimate of drug-likeness (QED) is 0.728. The molecule has 0 aliphatic heterocycles. The summed E-state index contributed by atoms with van der Waals surface area (Å²) in [7, 11) is 1.78. The fourth-order valence-corrected chi connectivity index (χ4v) is 1.37. The zero-order chi connectivity index (χ0) is 12.1. The molecule has 0 amide bonds. The second-order valence-electron chi connectivity index (χ2n) is 3.12. The Labute approximate surface area is 143 Å². The Morgan fingerprint density at radius 1 is 1.35 bits per heavy atom. The summed E-state index contributed by atoms with van der Waals surface area (Å²) < 4.78 is 15.2. The monoisotopic (exact) mass is 262 g/mol. The molecule has 0 saturated heterocycles. The number of halogens is 1. The van der Waals surface area contributed by atoms with Crippen LogP contribution in [0.3, 0.4) is 0 Å². The molecule has 0 aliphatic rings. The molecule has 5 heteroatoms. The van der Waals surface area contributed by atoms with Gasteiger partial charge in [-0.3, -0.25) is 0 Å². The van der Waals surface area contributed by atoms with Crippen LogP contribution in [0.5, 0.6) is 0 Å². The molecule has 1 heterocycles. The van der Waals surface area contributed by atoms with Crippen LogP contribution in [0, 0.1) is 5.82 Å². The Balaban J connectivity index is 0.000000811. The molecule has 0 radical (unpaired) electrons. The van der Waals surface area contributed by atoms with Crippen molar-refractivity contribution in [2.75, 3.05) is 0 Å². The van der Waals surface area contributed by atoms with Crippen LogP contribution in [-0.2, 0) is 13.7 Å². The molecule has 3 nitrogen and oxygen atoms in total. The molecule has 88 valence electrons. The maximum atomic E-state index is 13.6. The summed E-state index contributed by atoms with van der Waals surface area (Å²) >= 11 is 0. The molecule has 0 saturated carbocycles.